The highest BCUT2D eigenvalue weighted by Gasteiger charge is 2.28. The number of anilines is 1. The van der Waals surface area contributed by atoms with Gasteiger partial charge in [0.25, 0.3) is 0 Å². The molecule has 1 heterocycles. The van der Waals surface area contributed by atoms with E-state index in [9.17, 15) is 17.2 Å². The number of sulfone groups is 1. The van der Waals surface area contributed by atoms with Gasteiger partial charge in [-0.25, -0.2) is 17.8 Å². The quantitative estimate of drug-likeness (QED) is 0.675. The van der Waals surface area contributed by atoms with Gasteiger partial charge in [0.2, 0.25) is 5.95 Å². The van der Waals surface area contributed by atoms with Gasteiger partial charge in [0, 0.05) is 12.1 Å². The van der Waals surface area contributed by atoms with Crippen LogP contribution in [0, 0.1) is 11.8 Å². The molecule has 0 aliphatic heterocycles. The fourth-order valence-electron chi connectivity index (χ4n) is 3.78. The molecule has 1 N–H and O–H groups in total. The highest BCUT2D eigenvalue weighted by molar-refractivity contribution is 7.90. The summed E-state index contributed by atoms with van der Waals surface area (Å²) in [5.74, 6) is -2.31. The Morgan fingerprint density at radius 3 is 2.62 bits per heavy atom. The first-order valence-corrected chi connectivity index (χ1v) is 11.5. The van der Waals surface area contributed by atoms with E-state index in [-0.39, 0.29) is 22.8 Å². The normalized spacial score (nSPS) is 20.1. The zero-order valence-corrected chi connectivity index (χ0v) is 17.9. The summed E-state index contributed by atoms with van der Waals surface area (Å²) in [6, 6.07) is 6.45. The molecule has 0 saturated heterocycles. The third-order valence-electron chi connectivity index (χ3n) is 5.20. The van der Waals surface area contributed by atoms with E-state index in [2.05, 4.69) is 15.2 Å². The largest absolute Gasteiger partial charge is 0.379 e. The Morgan fingerprint density at radius 2 is 1.93 bits per heavy atom. The molecule has 29 heavy (non-hydrogen) atoms. The van der Waals surface area contributed by atoms with E-state index < -0.39 is 32.3 Å². The van der Waals surface area contributed by atoms with Crippen LogP contribution in [-0.2, 0) is 15.6 Å². The van der Waals surface area contributed by atoms with Crippen LogP contribution < -0.4 is 5.32 Å². The lowest BCUT2D eigenvalue weighted by molar-refractivity contribution is 0.211. The Kier molecular flexibility index (Phi) is 6.76. The molecule has 1 saturated carbocycles. The SMILES string of the molecule is CN(C)[C@H]1CCCC[C@@H]1Nc1cc(F)c(S(=O)(=O)Cc2cccc(F)n2)cc1Cl. The number of halogens is 3. The van der Waals surface area contributed by atoms with E-state index in [1.165, 1.54) is 12.1 Å². The van der Waals surface area contributed by atoms with Gasteiger partial charge in [-0.3, -0.25) is 0 Å². The lowest BCUT2D eigenvalue weighted by Gasteiger charge is -2.37. The third-order valence-corrected chi connectivity index (χ3v) is 7.17. The second kappa shape index (κ2) is 8.93. The number of nitrogens with zero attached hydrogens (tertiary/aromatic N) is 2. The van der Waals surface area contributed by atoms with Crippen molar-refractivity contribution in [3.05, 3.63) is 52.8 Å². The topological polar surface area (TPSA) is 62.3 Å². The van der Waals surface area contributed by atoms with E-state index in [4.69, 9.17) is 11.6 Å². The van der Waals surface area contributed by atoms with Crippen molar-refractivity contribution in [2.24, 2.45) is 0 Å². The zero-order chi connectivity index (χ0) is 21.2. The molecule has 1 aliphatic carbocycles. The average molecular weight is 444 g/mol. The molecular formula is C20H24ClF2N3O2S. The van der Waals surface area contributed by atoms with Crippen molar-refractivity contribution in [1.82, 2.24) is 9.88 Å². The molecule has 0 amide bonds. The minimum atomic E-state index is -4.08. The molecule has 3 rings (SSSR count). The fourth-order valence-corrected chi connectivity index (χ4v) is 5.42. The molecule has 1 aromatic carbocycles. The van der Waals surface area contributed by atoms with Crippen LogP contribution in [0.3, 0.4) is 0 Å². The van der Waals surface area contributed by atoms with Crippen molar-refractivity contribution in [2.75, 3.05) is 19.4 Å². The van der Waals surface area contributed by atoms with Crippen molar-refractivity contribution in [2.45, 2.75) is 48.4 Å². The van der Waals surface area contributed by atoms with Gasteiger partial charge < -0.3 is 10.2 Å². The van der Waals surface area contributed by atoms with Gasteiger partial charge in [0.1, 0.15) is 10.7 Å². The van der Waals surface area contributed by atoms with E-state index in [1.54, 1.807) is 0 Å². The minimum absolute atomic E-state index is 0.00115. The fraction of sp³-hybridized carbons (Fsp3) is 0.450. The predicted molar refractivity (Wildman–Crippen MR) is 110 cm³/mol. The number of hydrogen-bond acceptors (Lipinski definition) is 5. The first-order valence-electron chi connectivity index (χ1n) is 9.43. The first kappa shape index (κ1) is 21.9. The van der Waals surface area contributed by atoms with Crippen LogP contribution in [0.25, 0.3) is 0 Å². The van der Waals surface area contributed by atoms with Gasteiger partial charge in [0.15, 0.2) is 9.84 Å². The maximum atomic E-state index is 14.7. The van der Waals surface area contributed by atoms with Crippen LogP contribution >= 0.6 is 11.6 Å². The Bertz CT molecular complexity index is 986. The molecule has 2 aromatic rings. The Labute approximate surface area is 175 Å². The lowest BCUT2D eigenvalue weighted by atomic mass is 9.89. The standard InChI is InChI=1S/C20H24ClF2N3O2S/c1-26(2)18-8-4-3-7-16(18)25-17-11-15(22)19(10-14(17)21)29(27,28)12-13-6-5-9-20(23)24-13/h5-6,9-11,16,18,25H,3-4,7-8,12H2,1-2H3/t16-,18-/m0/s1. The summed E-state index contributed by atoms with van der Waals surface area (Å²) < 4.78 is 53.3. The Hall–Kier alpha value is -1.77. The van der Waals surface area contributed by atoms with E-state index in [1.807, 2.05) is 14.1 Å². The number of likely N-dealkylation sites (N-methyl/N-ethyl adjacent to an activating group) is 1. The van der Waals surface area contributed by atoms with Gasteiger partial charge in [0.05, 0.1) is 22.2 Å². The summed E-state index contributed by atoms with van der Waals surface area (Å²) in [5, 5.41) is 3.41. The monoisotopic (exact) mass is 443 g/mol. The molecule has 5 nitrogen and oxygen atoms in total. The molecule has 9 heteroatoms. The van der Waals surface area contributed by atoms with Gasteiger partial charge in [-0.05, 0) is 51.2 Å². The number of benzene rings is 1. The van der Waals surface area contributed by atoms with E-state index in [0.717, 1.165) is 43.9 Å². The van der Waals surface area contributed by atoms with Crippen molar-refractivity contribution in [3.63, 3.8) is 0 Å². The van der Waals surface area contributed by atoms with Crippen LogP contribution in [0.15, 0.2) is 35.2 Å². The molecule has 1 aromatic heterocycles. The highest BCUT2D eigenvalue weighted by Crippen LogP contribution is 2.32. The summed E-state index contributed by atoms with van der Waals surface area (Å²) in [6.07, 6.45) is 4.15. The number of rotatable bonds is 6. The van der Waals surface area contributed by atoms with Crippen molar-refractivity contribution >= 4 is 27.1 Å². The van der Waals surface area contributed by atoms with Crippen LogP contribution in [0.4, 0.5) is 14.5 Å². The second-order valence-electron chi connectivity index (χ2n) is 7.54. The predicted octanol–water partition coefficient (Wildman–Crippen LogP) is 4.27. The summed E-state index contributed by atoms with van der Waals surface area (Å²) in [5.41, 5.74) is 0.365. The molecule has 2 atom stereocenters. The Morgan fingerprint density at radius 1 is 1.21 bits per heavy atom. The zero-order valence-electron chi connectivity index (χ0n) is 16.3. The molecule has 0 spiro atoms. The molecular weight excluding hydrogens is 420 g/mol. The summed E-state index contributed by atoms with van der Waals surface area (Å²) in [6.45, 7) is 0. The maximum absolute atomic E-state index is 14.7. The molecule has 1 aliphatic rings. The van der Waals surface area contributed by atoms with Crippen LogP contribution in [0.2, 0.25) is 5.02 Å². The third kappa shape index (κ3) is 5.24. The number of aromatic nitrogens is 1. The van der Waals surface area contributed by atoms with Gasteiger partial charge in [-0.15, -0.1) is 0 Å². The van der Waals surface area contributed by atoms with Crippen molar-refractivity contribution < 1.29 is 17.2 Å². The van der Waals surface area contributed by atoms with Gasteiger partial charge >= 0.3 is 0 Å². The molecule has 1 fully saturated rings. The van der Waals surface area contributed by atoms with E-state index >= 15 is 0 Å². The van der Waals surface area contributed by atoms with E-state index in [0.29, 0.717) is 5.69 Å². The average Bonchev–Trinajstić information content (AvgIpc) is 2.64. The summed E-state index contributed by atoms with van der Waals surface area (Å²) in [7, 11) is -0.0760. The summed E-state index contributed by atoms with van der Waals surface area (Å²) >= 11 is 6.30. The van der Waals surface area contributed by atoms with Crippen LogP contribution in [-0.4, -0.2) is 44.5 Å². The van der Waals surface area contributed by atoms with Gasteiger partial charge in [-0.1, -0.05) is 30.5 Å². The van der Waals surface area contributed by atoms with Crippen molar-refractivity contribution in [3.8, 4) is 0 Å². The molecule has 158 valence electrons. The number of hydrogen-bond donors (Lipinski definition) is 1. The van der Waals surface area contributed by atoms with Gasteiger partial charge in [-0.2, -0.15) is 4.39 Å². The summed E-state index contributed by atoms with van der Waals surface area (Å²) in [4.78, 5) is 5.15. The molecule has 0 bridgehead atoms. The smallest absolute Gasteiger partial charge is 0.213 e. The number of nitrogens with one attached hydrogen (secondary N) is 1. The second-order valence-corrected chi connectivity index (χ2v) is 9.90. The highest BCUT2D eigenvalue weighted by atomic mass is 35.5. The Balaban J connectivity index is 1.85. The van der Waals surface area contributed by atoms with Crippen molar-refractivity contribution in [1.29, 1.82) is 0 Å². The first-order chi connectivity index (χ1) is 13.7. The number of pyridine rings is 1. The minimum Gasteiger partial charge on any atom is -0.379 e. The lowest BCUT2D eigenvalue weighted by Crippen LogP contribution is -2.45. The van der Waals surface area contributed by atoms with Crippen LogP contribution in [0.1, 0.15) is 31.4 Å². The molecule has 0 radical (unpaired) electrons. The van der Waals surface area contributed by atoms with Crippen LogP contribution in [0.5, 0.6) is 0 Å². The maximum Gasteiger partial charge on any atom is 0.213 e. The molecule has 0 unspecified atom stereocenters.